The van der Waals surface area contributed by atoms with Gasteiger partial charge in [-0.15, -0.1) is 0 Å². The molecule has 2 aromatic carbocycles. The first-order valence-electron chi connectivity index (χ1n) is 11.2. The number of piperidine rings is 1. The van der Waals surface area contributed by atoms with E-state index in [4.69, 9.17) is 23.2 Å². The van der Waals surface area contributed by atoms with E-state index in [0.717, 1.165) is 5.56 Å². The summed E-state index contributed by atoms with van der Waals surface area (Å²) in [6.07, 6.45) is 0.990. The van der Waals surface area contributed by atoms with E-state index in [0.29, 0.717) is 41.5 Å². The number of nitrogens with one attached hydrogen (secondary N) is 1. The third-order valence-electron chi connectivity index (χ3n) is 6.21. The summed E-state index contributed by atoms with van der Waals surface area (Å²) in [5, 5.41) is 3.90. The van der Waals surface area contributed by atoms with Gasteiger partial charge in [0.2, 0.25) is 15.9 Å². The first-order chi connectivity index (χ1) is 15.4. The fraction of sp³-hybridized carbons (Fsp3) is 0.480. The van der Waals surface area contributed by atoms with Gasteiger partial charge in [-0.05, 0) is 54.0 Å². The molecule has 0 saturated carbocycles. The van der Waals surface area contributed by atoms with Gasteiger partial charge < -0.3 is 5.32 Å². The van der Waals surface area contributed by atoms with Crippen LogP contribution in [0.2, 0.25) is 10.0 Å². The molecule has 1 fully saturated rings. The number of sulfonamides is 1. The van der Waals surface area contributed by atoms with Gasteiger partial charge in [-0.1, -0.05) is 74.3 Å². The fourth-order valence-electron chi connectivity index (χ4n) is 4.01. The average molecular weight is 512 g/mol. The predicted molar refractivity (Wildman–Crippen MR) is 135 cm³/mol. The molecule has 180 valence electrons. The van der Waals surface area contributed by atoms with E-state index in [1.807, 2.05) is 6.92 Å². The molecule has 0 aliphatic carbocycles. The molecule has 1 atom stereocenters. The van der Waals surface area contributed by atoms with Gasteiger partial charge in [-0.2, -0.15) is 0 Å². The Morgan fingerprint density at radius 1 is 1.09 bits per heavy atom. The lowest BCUT2D eigenvalue weighted by Crippen LogP contribution is -2.43. The minimum Gasteiger partial charge on any atom is -0.349 e. The molecule has 1 heterocycles. The molecule has 3 rings (SSSR count). The van der Waals surface area contributed by atoms with E-state index in [1.165, 1.54) is 9.87 Å². The van der Waals surface area contributed by atoms with Crippen molar-refractivity contribution in [2.45, 2.75) is 57.7 Å². The zero-order valence-corrected chi connectivity index (χ0v) is 21.9. The Hall–Kier alpha value is -1.60. The van der Waals surface area contributed by atoms with Crippen LogP contribution in [0.3, 0.4) is 0 Å². The van der Waals surface area contributed by atoms with Crippen LogP contribution in [-0.4, -0.2) is 31.7 Å². The molecule has 1 N–H and O–H groups in total. The summed E-state index contributed by atoms with van der Waals surface area (Å²) < 4.78 is 27.2. The molecule has 1 saturated heterocycles. The van der Waals surface area contributed by atoms with Crippen LogP contribution in [0.5, 0.6) is 0 Å². The van der Waals surface area contributed by atoms with Gasteiger partial charge in [0.1, 0.15) is 0 Å². The number of carbonyl (C=O) groups excluding carboxylic acids is 1. The zero-order valence-electron chi connectivity index (χ0n) is 19.6. The lowest BCUT2D eigenvalue weighted by atomic mass is 9.86. The SMILES string of the molecule is C[C@H](NC(=O)C1CCN(S(=O)(=O)Cc2ccc(Cl)cc2Cl)CC1)c1ccc(C(C)(C)C)cc1. The van der Waals surface area contributed by atoms with Gasteiger partial charge >= 0.3 is 0 Å². The van der Waals surface area contributed by atoms with Crippen LogP contribution in [0.15, 0.2) is 42.5 Å². The number of hydrogen-bond acceptors (Lipinski definition) is 3. The minimum atomic E-state index is -3.53. The third-order valence-corrected chi connectivity index (χ3v) is 8.62. The molecule has 0 spiro atoms. The predicted octanol–water partition coefficient (Wildman–Crippen LogP) is 5.71. The molecular formula is C25H32Cl2N2O3S. The van der Waals surface area contributed by atoms with Crippen LogP contribution in [0.25, 0.3) is 0 Å². The molecule has 2 aromatic rings. The molecule has 33 heavy (non-hydrogen) atoms. The summed E-state index contributed by atoms with van der Waals surface area (Å²) in [4.78, 5) is 12.8. The number of halogens is 2. The number of benzene rings is 2. The van der Waals surface area contributed by atoms with Crippen molar-refractivity contribution in [2.75, 3.05) is 13.1 Å². The molecule has 1 aliphatic heterocycles. The molecule has 0 radical (unpaired) electrons. The van der Waals surface area contributed by atoms with Crippen LogP contribution < -0.4 is 5.32 Å². The summed E-state index contributed by atoms with van der Waals surface area (Å²) >= 11 is 12.0. The summed E-state index contributed by atoms with van der Waals surface area (Å²) in [7, 11) is -3.53. The molecule has 0 bridgehead atoms. The van der Waals surface area contributed by atoms with Crippen molar-refractivity contribution in [3.8, 4) is 0 Å². The highest BCUT2D eigenvalue weighted by Crippen LogP contribution is 2.27. The van der Waals surface area contributed by atoms with Crippen molar-refractivity contribution in [1.29, 1.82) is 0 Å². The van der Waals surface area contributed by atoms with Gasteiger partial charge in [0.05, 0.1) is 11.8 Å². The Balaban J connectivity index is 1.55. The maximum Gasteiger partial charge on any atom is 0.223 e. The second-order valence-electron chi connectivity index (χ2n) is 9.77. The van der Waals surface area contributed by atoms with Crippen molar-refractivity contribution in [3.05, 3.63) is 69.2 Å². The highest BCUT2D eigenvalue weighted by molar-refractivity contribution is 7.88. The van der Waals surface area contributed by atoms with Crippen LogP contribution in [0, 0.1) is 5.92 Å². The molecule has 0 unspecified atom stereocenters. The number of amides is 1. The van der Waals surface area contributed by atoms with Crippen LogP contribution in [0.4, 0.5) is 0 Å². The van der Waals surface area contributed by atoms with Gasteiger partial charge in [0, 0.05) is 29.1 Å². The summed E-state index contributed by atoms with van der Waals surface area (Å²) in [5.74, 6) is -0.409. The van der Waals surface area contributed by atoms with E-state index in [-0.39, 0.29) is 29.0 Å². The summed E-state index contributed by atoms with van der Waals surface area (Å²) in [6, 6.07) is 13.0. The van der Waals surface area contributed by atoms with Gasteiger partial charge in [0.15, 0.2) is 0 Å². The van der Waals surface area contributed by atoms with Crippen molar-refractivity contribution >= 4 is 39.1 Å². The van der Waals surface area contributed by atoms with Gasteiger partial charge in [-0.3, -0.25) is 4.79 Å². The number of nitrogens with zero attached hydrogens (tertiary/aromatic N) is 1. The topological polar surface area (TPSA) is 66.5 Å². The number of rotatable bonds is 6. The molecule has 5 nitrogen and oxygen atoms in total. The fourth-order valence-corrected chi connectivity index (χ4v) is 6.16. The van der Waals surface area contributed by atoms with Crippen LogP contribution in [0.1, 0.15) is 63.3 Å². The minimum absolute atomic E-state index is 0.0276. The lowest BCUT2D eigenvalue weighted by molar-refractivity contribution is -0.126. The third kappa shape index (κ3) is 6.72. The molecule has 1 aliphatic rings. The first kappa shape index (κ1) is 26.0. The van der Waals surface area contributed by atoms with Crippen molar-refractivity contribution in [1.82, 2.24) is 9.62 Å². The van der Waals surface area contributed by atoms with Gasteiger partial charge in [-0.25, -0.2) is 12.7 Å². The highest BCUT2D eigenvalue weighted by Gasteiger charge is 2.32. The molecule has 1 amide bonds. The van der Waals surface area contributed by atoms with Crippen molar-refractivity contribution in [2.24, 2.45) is 5.92 Å². The summed E-state index contributed by atoms with van der Waals surface area (Å²) in [6.45, 7) is 9.12. The Labute approximate surface area is 207 Å². The molecule has 0 aromatic heterocycles. The van der Waals surface area contributed by atoms with Crippen molar-refractivity contribution < 1.29 is 13.2 Å². The van der Waals surface area contributed by atoms with E-state index < -0.39 is 10.0 Å². The van der Waals surface area contributed by atoms with Crippen LogP contribution in [-0.2, 0) is 26.0 Å². The Morgan fingerprint density at radius 3 is 2.24 bits per heavy atom. The highest BCUT2D eigenvalue weighted by atomic mass is 35.5. The van der Waals surface area contributed by atoms with E-state index >= 15 is 0 Å². The Kier molecular flexibility index (Phi) is 8.15. The number of hydrogen-bond donors (Lipinski definition) is 1. The second-order valence-corrected chi connectivity index (χ2v) is 12.6. The summed E-state index contributed by atoms with van der Waals surface area (Å²) in [5.41, 5.74) is 2.90. The van der Waals surface area contributed by atoms with Gasteiger partial charge in [0.25, 0.3) is 0 Å². The second kappa shape index (κ2) is 10.3. The molecule has 8 heteroatoms. The first-order valence-corrected chi connectivity index (χ1v) is 13.6. The average Bonchev–Trinajstić information content (AvgIpc) is 2.75. The van der Waals surface area contributed by atoms with E-state index in [9.17, 15) is 13.2 Å². The van der Waals surface area contributed by atoms with Crippen molar-refractivity contribution in [3.63, 3.8) is 0 Å². The monoisotopic (exact) mass is 510 g/mol. The van der Waals surface area contributed by atoms with E-state index in [1.54, 1.807) is 18.2 Å². The molecular weight excluding hydrogens is 479 g/mol. The zero-order chi connectivity index (χ0) is 24.4. The van der Waals surface area contributed by atoms with Crippen LogP contribution >= 0.6 is 23.2 Å². The smallest absolute Gasteiger partial charge is 0.223 e. The lowest BCUT2D eigenvalue weighted by Gasteiger charge is -2.31. The quantitative estimate of drug-likeness (QED) is 0.540. The van der Waals surface area contributed by atoms with E-state index in [2.05, 4.69) is 50.4 Å². The Morgan fingerprint density at radius 2 is 1.70 bits per heavy atom. The maximum absolute atomic E-state index is 12.9. The normalized spacial score (nSPS) is 17.0. The Bertz CT molecular complexity index is 1090. The standard InChI is InChI=1S/C25H32Cl2N2O3S/c1-17(18-5-8-21(9-6-18)25(2,3)4)28-24(30)19-11-13-29(14-12-19)33(31,32)16-20-7-10-22(26)15-23(20)27/h5-10,15,17,19H,11-14,16H2,1-4H3,(H,28,30)/t17-/m0/s1. The number of carbonyl (C=O) groups is 1. The maximum atomic E-state index is 12.9. The largest absolute Gasteiger partial charge is 0.349 e.